The third-order valence-corrected chi connectivity index (χ3v) is 4.57. The van der Waals surface area contributed by atoms with Crippen LogP contribution < -0.4 is 10.1 Å². The summed E-state index contributed by atoms with van der Waals surface area (Å²) in [5.41, 5.74) is 1.50. The minimum absolute atomic E-state index is 0.103. The van der Waals surface area contributed by atoms with Crippen molar-refractivity contribution >= 4 is 11.4 Å². The van der Waals surface area contributed by atoms with E-state index in [-0.39, 0.29) is 18.0 Å². The summed E-state index contributed by atoms with van der Waals surface area (Å²) in [6.45, 7) is 0.692. The van der Waals surface area contributed by atoms with Crippen LogP contribution in [0.2, 0.25) is 0 Å². The van der Waals surface area contributed by atoms with E-state index in [1.165, 1.54) is 15.3 Å². The van der Waals surface area contributed by atoms with Crippen LogP contribution in [0, 0.1) is 12.7 Å². The molecule has 0 aromatic carbocycles. The van der Waals surface area contributed by atoms with Crippen molar-refractivity contribution in [1.29, 1.82) is 0 Å². The van der Waals surface area contributed by atoms with E-state index in [1.54, 1.807) is 32.2 Å². The van der Waals surface area contributed by atoms with Crippen LogP contribution >= 0.6 is 0 Å². The van der Waals surface area contributed by atoms with Gasteiger partial charge >= 0.3 is 6.18 Å². The molecule has 11 heteroatoms. The molecule has 0 aliphatic heterocycles. The number of aliphatic hydroxyl groups excluding tert-OH is 1. The van der Waals surface area contributed by atoms with Crippen molar-refractivity contribution in [1.82, 2.24) is 19.5 Å². The maximum Gasteiger partial charge on any atom is 0.391 e. The van der Waals surface area contributed by atoms with Gasteiger partial charge in [-0.05, 0) is 30.7 Å². The van der Waals surface area contributed by atoms with Crippen molar-refractivity contribution < 1.29 is 32.2 Å². The lowest BCUT2D eigenvalue weighted by atomic mass is 10.2. The van der Waals surface area contributed by atoms with E-state index in [0.29, 0.717) is 16.8 Å². The summed E-state index contributed by atoms with van der Waals surface area (Å²) in [4.78, 5) is 12.6. The summed E-state index contributed by atoms with van der Waals surface area (Å²) >= 11 is 0. The number of fused-ring (bicyclic) bond motifs is 1. The molecule has 0 saturated carbocycles. The average Bonchev–Trinajstić information content (AvgIpc) is 3.16. The van der Waals surface area contributed by atoms with Crippen molar-refractivity contribution in [2.75, 3.05) is 6.61 Å². The first kappa shape index (κ1) is 21.6. The number of nitrogens with one attached hydrogen (secondary N) is 1. The second-order valence-corrected chi connectivity index (χ2v) is 6.86. The Morgan fingerprint density at radius 2 is 2.10 bits per heavy atom. The molecule has 0 fully saturated rings. The summed E-state index contributed by atoms with van der Waals surface area (Å²) in [6.07, 6.45) is -3.32. The Morgan fingerprint density at radius 1 is 1.37 bits per heavy atom. The summed E-state index contributed by atoms with van der Waals surface area (Å²) in [7, 11) is 1.57. The predicted octanol–water partition coefficient (Wildman–Crippen LogP) is 2.74. The maximum absolute atomic E-state index is 13.7. The lowest BCUT2D eigenvalue weighted by molar-refractivity contribution is -0.141. The molecule has 3 aromatic rings. The molecule has 0 radical (unpaired) electrons. The molecule has 1 unspecified atom stereocenters. The van der Waals surface area contributed by atoms with Crippen molar-refractivity contribution in [2.24, 2.45) is 7.05 Å². The van der Waals surface area contributed by atoms with E-state index in [4.69, 9.17) is 4.74 Å². The Hall–Kier alpha value is -3.08. The second-order valence-electron chi connectivity index (χ2n) is 6.86. The number of aryl methyl sites for hydroxylation is 2. The maximum atomic E-state index is 13.7. The van der Waals surface area contributed by atoms with Crippen LogP contribution in [0.3, 0.4) is 0 Å². The molecule has 3 heterocycles. The van der Waals surface area contributed by atoms with Crippen LogP contribution in [0.25, 0.3) is 5.52 Å². The van der Waals surface area contributed by atoms with Gasteiger partial charge in [0.05, 0.1) is 31.5 Å². The molecule has 7 nitrogen and oxygen atoms in total. The SMILES string of the molecule is Cc1cc2ccc(OCc3c(F)cnn3C)cn2c1C(=O)NC(CO)CC(F)(F)F. The highest BCUT2D eigenvalue weighted by molar-refractivity contribution is 5.96. The number of aromatic nitrogens is 3. The monoisotopic (exact) mass is 428 g/mol. The van der Waals surface area contributed by atoms with Gasteiger partial charge in [-0.2, -0.15) is 18.3 Å². The number of aliphatic hydroxyl groups is 1. The Balaban J connectivity index is 1.83. The Bertz CT molecular complexity index is 1040. The highest BCUT2D eigenvalue weighted by atomic mass is 19.4. The largest absolute Gasteiger partial charge is 0.486 e. The minimum atomic E-state index is -4.53. The van der Waals surface area contributed by atoms with Crippen LogP contribution in [0.15, 0.2) is 30.6 Å². The summed E-state index contributed by atoms with van der Waals surface area (Å²) in [5, 5.41) is 15.2. The summed E-state index contributed by atoms with van der Waals surface area (Å²) < 4.78 is 59.9. The van der Waals surface area contributed by atoms with Gasteiger partial charge in [0.2, 0.25) is 0 Å². The lowest BCUT2D eigenvalue weighted by Gasteiger charge is -2.18. The third-order valence-electron chi connectivity index (χ3n) is 4.57. The van der Waals surface area contributed by atoms with Gasteiger partial charge in [0, 0.05) is 12.6 Å². The van der Waals surface area contributed by atoms with Gasteiger partial charge in [0.1, 0.15) is 23.7 Å². The Labute approximate surface area is 168 Å². The molecule has 0 saturated heterocycles. The molecule has 1 amide bonds. The van der Waals surface area contributed by atoms with Crippen molar-refractivity contribution in [3.63, 3.8) is 0 Å². The normalized spacial score (nSPS) is 12.9. The van der Waals surface area contributed by atoms with Crippen molar-refractivity contribution in [3.05, 3.63) is 53.4 Å². The zero-order valence-electron chi connectivity index (χ0n) is 16.2. The lowest BCUT2D eigenvalue weighted by Crippen LogP contribution is -2.41. The van der Waals surface area contributed by atoms with Gasteiger partial charge in [-0.1, -0.05) is 0 Å². The summed E-state index contributed by atoms with van der Waals surface area (Å²) in [5.74, 6) is -0.956. The van der Waals surface area contributed by atoms with Crippen LogP contribution in [0.4, 0.5) is 17.6 Å². The van der Waals surface area contributed by atoms with Gasteiger partial charge in [-0.25, -0.2) is 4.39 Å². The zero-order valence-corrected chi connectivity index (χ0v) is 16.2. The molecule has 0 bridgehead atoms. The number of carbonyl (C=O) groups is 1. The van der Waals surface area contributed by atoms with E-state index < -0.39 is 37.0 Å². The number of hydrogen-bond donors (Lipinski definition) is 2. The average molecular weight is 428 g/mol. The van der Waals surface area contributed by atoms with Gasteiger partial charge in [-0.3, -0.25) is 9.48 Å². The number of nitrogens with zero attached hydrogens (tertiary/aromatic N) is 3. The van der Waals surface area contributed by atoms with Crippen LogP contribution in [0.1, 0.15) is 28.2 Å². The number of hydrogen-bond acceptors (Lipinski definition) is 4. The Kier molecular flexibility index (Phi) is 6.01. The van der Waals surface area contributed by atoms with Gasteiger partial charge < -0.3 is 19.6 Å². The first-order valence-corrected chi connectivity index (χ1v) is 8.98. The van der Waals surface area contributed by atoms with Crippen LogP contribution in [-0.2, 0) is 13.7 Å². The number of carbonyl (C=O) groups excluding carboxylic acids is 1. The molecule has 1 atom stereocenters. The molecule has 2 N–H and O–H groups in total. The molecule has 162 valence electrons. The van der Waals surface area contributed by atoms with E-state index in [1.807, 2.05) is 0 Å². The van der Waals surface area contributed by atoms with Gasteiger partial charge in [0.15, 0.2) is 5.82 Å². The van der Waals surface area contributed by atoms with Gasteiger partial charge in [0.25, 0.3) is 5.91 Å². The first-order valence-electron chi connectivity index (χ1n) is 8.98. The molecular weight excluding hydrogens is 408 g/mol. The van der Waals surface area contributed by atoms with E-state index in [0.717, 1.165) is 6.20 Å². The highest BCUT2D eigenvalue weighted by Crippen LogP contribution is 2.24. The number of ether oxygens (including phenoxy) is 1. The van der Waals surface area contributed by atoms with E-state index >= 15 is 0 Å². The number of rotatable bonds is 7. The molecule has 0 spiro atoms. The zero-order chi connectivity index (χ0) is 22.1. The standard InChI is InChI=1S/C19H20F4N4O3/c1-11-5-13-3-4-14(30-10-16-15(20)7-24-26(16)2)8-27(13)17(11)18(29)25-12(9-28)6-19(21,22)23/h3-5,7-8,12,28H,6,9-10H2,1-2H3,(H,25,29). The number of alkyl halides is 3. The minimum Gasteiger partial charge on any atom is -0.486 e. The quantitative estimate of drug-likeness (QED) is 0.567. The molecular formula is C19H20F4N4O3. The van der Waals surface area contributed by atoms with E-state index in [2.05, 4.69) is 10.4 Å². The first-order chi connectivity index (χ1) is 14.1. The van der Waals surface area contributed by atoms with Crippen LogP contribution in [0.5, 0.6) is 5.75 Å². The smallest absolute Gasteiger partial charge is 0.391 e. The second kappa shape index (κ2) is 8.34. The number of pyridine rings is 1. The number of halogens is 4. The highest BCUT2D eigenvalue weighted by Gasteiger charge is 2.33. The number of amides is 1. The topological polar surface area (TPSA) is 80.8 Å². The Morgan fingerprint density at radius 3 is 2.70 bits per heavy atom. The fraction of sp³-hybridized carbons (Fsp3) is 0.368. The fourth-order valence-electron chi connectivity index (χ4n) is 3.10. The molecule has 0 aliphatic carbocycles. The predicted molar refractivity (Wildman–Crippen MR) is 98.6 cm³/mol. The molecule has 30 heavy (non-hydrogen) atoms. The van der Waals surface area contributed by atoms with Gasteiger partial charge in [-0.15, -0.1) is 0 Å². The van der Waals surface area contributed by atoms with Crippen molar-refractivity contribution in [3.8, 4) is 5.75 Å². The molecule has 3 rings (SSSR count). The third kappa shape index (κ3) is 4.73. The fourth-order valence-corrected chi connectivity index (χ4v) is 3.10. The summed E-state index contributed by atoms with van der Waals surface area (Å²) in [6, 6.07) is 3.52. The van der Waals surface area contributed by atoms with Crippen molar-refractivity contribution in [2.45, 2.75) is 32.2 Å². The van der Waals surface area contributed by atoms with Crippen LogP contribution in [-0.4, -0.2) is 44.0 Å². The van der Waals surface area contributed by atoms with E-state index in [9.17, 15) is 27.5 Å². The molecule has 3 aromatic heterocycles. The molecule has 0 aliphatic rings.